The van der Waals surface area contributed by atoms with Crippen molar-refractivity contribution >= 4 is 29.6 Å². The number of likely N-dealkylation sites (tertiary alicyclic amines) is 1. The number of nitrogens with zero attached hydrogens (tertiary/aromatic N) is 1. The lowest BCUT2D eigenvalue weighted by molar-refractivity contribution is -0.148. The highest BCUT2D eigenvalue weighted by Gasteiger charge is 2.46. The molecule has 43 heavy (non-hydrogen) atoms. The summed E-state index contributed by atoms with van der Waals surface area (Å²) in [6.07, 6.45) is 0.984. The van der Waals surface area contributed by atoms with Gasteiger partial charge in [-0.2, -0.15) is 8.78 Å². The molecular weight excluding hydrogens is 566 g/mol. The van der Waals surface area contributed by atoms with E-state index in [0.717, 1.165) is 6.42 Å². The fraction of sp³-hybridized carbons (Fsp3) is 0.633. The minimum atomic E-state index is -3.98. The van der Waals surface area contributed by atoms with E-state index < -0.39 is 66.1 Å². The summed E-state index contributed by atoms with van der Waals surface area (Å²) in [6.45, 7) is 7.40. The summed E-state index contributed by atoms with van der Waals surface area (Å²) >= 11 is 0. The Morgan fingerprint density at radius 1 is 1.00 bits per heavy atom. The van der Waals surface area contributed by atoms with Crippen LogP contribution in [-0.2, 0) is 19.1 Å². The molecule has 3 atom stereocenters. The van der Waals surface area contributed by atoms with Gasteiger partial charge in [-0.15, -0.1) is 0 Å². The summed E-state index contributed by atoms with van der Waals surface area (Å²) in [5.74, 6) is -7.73. The van der Waals surface area contributed by atoms with Crippen LogP contribution in [0, 0.1) is 11.8 Å². The molecule has 0 unspecified atom stereocenters. The van der Waals surface area contributed by atoms with Crippen LogP contribution in [-0.4, -0.2) is 85.4 Å². The van der Waals surface area contributed by atoms with Gasteiger partial charge in [0, 0.05) is 12.1 Å². The van der Waals surface area contributed by atoms with Gasteiger partial charge in [-0.05, 0) is 55.4 Å². The molecule has 0 saturated carbocycles. The lowest BCUT2D eigenvalue weighted by Gasteiger charge is -2.32. The van der Waals surface area contributed by atoms with Crippen molar-refractivity contribution in [2.45, 2.75) is 84.4 Å². The first-order valence-corrected chi connectivity index (χ1v) is 14.6. The number of alkyl halides is 2. The third-order valence-electron chi connectivity index (χ3n) is 7.20. The number of ketones is 1. The van der Waals surface area contributed by atoms with Gasteiger partial charge >= 0.3 is 12.0 Å². The Balaban J connectivity index is 2.11. The molecule has 11 nitrogen and oxygen atoms in total. The van der Waals surface area contributed by atoms with E-state index in [1.165, 1.54) is 25.9 Å². The third-order valence-corrected chi connectivity index (χ3v) is 7.20. The molecule has 0 radical (unpaired) electrons. The smallest absolute Gasteiger partial charge is 0.407 e. The van der Waals surface area contributed by atoms with Gasteiger partial charge in [0.05, 0.1) is 26.3 Å². The van der Waals surface area contributed by atoms with Crippen molar-refractivity contribution in [2.24, 2.45) is 11.8 Å². The second-order valence-corrected chi connectivity index (χ2v) is 11.3. The summed E-state index contributed by atoms with van der Waals surface area (Å²) in [4.78, 5) is 65.7. The summed E-state index contributed by atoms with van der Waals surface area (Å²) in [5.41, 5.74) is 0.317. The first-order valence-electron chi connectivity index (χ1n) is 14.6. The van der Waals surface area contributed by atoms with Crippen molar-refractivity contribution < 1.29 is 42.2 Å². The van der Waals surface area contributed by atoms with Crippen molar-refractivity contribution in [3.8, 4) is 5.75 Å². The largest absolute Gasteiger partial charge is 0.497 e. The van der Waals surface area contributed by atoms with Crippen LogP contribution in [0.15, 0.2) is 24.3 Å². The molecule has 0 aromatic heterocycles. The van der Waals surface area contributed by atoms with Gasteiger partial charge in [-0.1, -0.05) is 41.0 Å². The molecule has 1 aliphatic rings. The Morgan fingerprint density at radius 3 is 2.19 bits per heavy atom. The number of amides is 4. The average Bonchev–Trinajstić information content (AvgIpc) is 3.47. The van der Waals surface area contributed by atoms with Crippen molar-refractivity contribution in [1.29, 1.82) is 0 Å². The van der Waals surface area contributed by atoms with Gasteiger partial charge in [0.15, 0.2) is 0 Å². The minimum absolute atomic E-state index is 0.0615. The van der Waals surface area contributed by atoms with Crippen LogP contribution in [0.1, 0.15) is 70.7 Å². The number of hydrogen-bond acceptors (Lipinski definition) is 7. The minimum Gasteiger partial charge on any atom is -0.497 e. The quantitative estimate of drug-likeness (QED) is 0.259. The van der Waals surface area contributed by atoms with E-state index >= 15 is 0 Å². The first kappa shape index (κ1) is 35.4. The lowest BCUT2D eigenvalue weighted by Crippen LogP contribution is -2.59. The third kappa shape index (κ3) is 9.89. The average molecular weight is 611 g/mol. The Hall–Kier alpha value is -3.77. The molecule has 1 aromatic carbocycles. The number of nitrogens with one attached hydrogen (secondary N) is 3. The molecule has 1 saturated heterocycles. The number of Topliss-reactive ketones (excluding diaryl/α,β-unsaturated/α-hetero) is 1. The highest BCUT2D eigenvalue weighted by Crippen LogP contribution is 2.24. The van der Waals surface area contributed by atoms with Crippen molar-refractivity contribution in [2.75, 3.05) is 26.8 Å². The molecule has 0 spiro atoms. The molecule has 1 aromatic rings. The lowest BCUT2D eigenvalue weighted by atomic mass is 9.95. The molecule has 0 bridgehead atoms. The Kier molecular flexibility index (Phi) is 13.3. The summed E-state index contributed by atoms with van der Waals surface area (Å²) < 4.78 is 39.5. The summed E-state index contributed by atoms with van der Waals surface area (Å²) in [5, 5.41) is 7.07. The van der Waals surface area contributed by atoms with Crippen molar-refractivity contribution in [3.05, 3.63) is 29.8 Å². The standard InChI is InChI=1S/C30H44F2N4O7/c1-7-8-16-43-29(41)33-17-30(31,32)25(37)23(18(2)3)34-27(39)22-10-9-15-36(22)28(40)24(19(4)5)35-26(38)20-11-13-21(42-6)14-12-20/h11-14,18-19,22-24H,7-10,15-17H2,1-6H3,(H,33,41)(H,34,39)(H,35,38)/t22-,23-,24-/m0/s1. The summed E-state index contributed by atoms with van der Waals surface area (Å²) in [6, 6.07) is 2.81. The van der Waals surface area contributed by atoms with Crippen LogP contribution < -0.4 is 20.7 Å². The maximum absolute atomic E-state index is 14.8. The molecule has 1 aliphatic heterocycles. The first-order chi connectivity index (χ1) is 20.2. The van der Waals surface area contributed by atoms with Gasteiger partial charge in [0.2, 0.25) is 17.6 Å². The van der Waals surface area contributed by atoms with Gasteiger partial charge in [-0.25, -0.2) is 4.79 Å². The van der Waals surface area contributed by atoms with E-state index in [1.54, 1.807) is 38.1 Å². The zero-order chi connectivity index (χ0) is 32.3. The summed E-state index contributed by atoms with van der Waals surface area (Å²) in [7, 11) is 1.50. The van der Waals surface area contributed by atoms with Crippen molar-refractivity contribution in [1.82, 2.24) is 20.9 Å². The maximum Gasteiger partial charge on any atom is 0.407 e. The monoisotopic (exact) mass is 610 g/mol. The highest BCUT2D eigenvalue weighted by molar-refractivity contribution is 5.99. The van der Waals surface area contributed by atoms with Crippen LogP contribution in [0.25, 0.3) is 0 Å². The fourth-order valence-electron chi connectivity index (χ4n) is 4.60. The van der Waals surface area contributed by atoms with Crippen LogP contribution in [0.4, 0.5) is 13.6 Å². The van der Waals surface area contributed by atoms with E-state index in [-0.39, 0.29) is 25.5 Å². The van der Waals surface area contributed by atoms with E-state index in [4.69, 9.17) is 9.47 Å². The number of alkyl carbamates (subject to hydrolysis) is 1. The zero-order valence-corrected chi connectivity index (χ0v) is 25.7. The number of methoxy groups -OCH3 is 1. The number of carbonyl (C=O) groups excluding carboxylic acids is 5. The topological polar surface area (TPSA) is 143 Å². The molecule has 1 heterocycles. The number of halogens is 2. The molecule has 3 N–H and O–H groups in total. The molecule has 13 heteroatoms. The zero-order valence-electron chi connectivity index (χ0n) is 25.7. The van der Waals surface area contributed by atoms with E-state index in [1.807, 2.05) is 12.2 Å². The Labute approximate surface area is 251 Å². The van der Waals surface area contributed by atoms with Gasteiger partial charge in [0.1, 0.15) is 17.8 Å². The van der Waals surface area contributed by atoms with E-state index in [9.17, 15) is 32.8 Å². The van der Waals surface area contributed by atoms with E-state index in [0.29, 0.717) is 24.2 Å². The second-order valence-electron chi connectivity index (χ2n) is 11.3. The second kappa shape index (κ2) is 16.2. The van der Waals surface area contributed by atoms with Crippen LogP contribution in [0.5, 0.6) is 5.75 Å². The molecular formula is C30H44F2N4O7. The molecule has 240 valence electrons. The number of hydrogen-bond donors (Lipinski definition) is 3. The van der Waals surface area contributed by atoms with Gasteiger partial charge in [-0.3, -0.25) is 19.2 Å². The Morgan fingerprint density at radius 2 is 1.63 bits per heavy atom. The van der Waals surface area contributed by atoms with Crippen molar-refractivity contribution in [3.63, 3.8) is 0 Å². The van der Waals surface area contributed by atoms with Crippen LogP contribution >= 0.6 is 0 Å². The molecule has 0 aliphatic carbocycles. The van der Waals surface area contributed by atoms with Crippen LogP contribution in [0.2, 0.25) is 0 Å². The number of benzene rings is 1. The van der Waals surface area contributed by atoms with Gasteiger partial charge < -0.3 is 30.3 Å². The highest BCUT2D eigenvalue weighted by atomic mass is 19.3. The number of carbonyl (C=O) groups is 5. The number of unbranched alkanes of at least 4 members (excludes halogenated alkanes) is 1. The Bertz CT molecular complexity index is 1130. The number of rotatable bonds is 15. The molecule has 2 rings (SSSR count). The predicted octanol–water partition coefficient (Wildman–Crippen LogP) is 3.31. The SMILES string of the molecule is CCCCOC(=O)NCC(F)(F)C(=O)[C@@H](NC(=O)[C@@H]1CCCN1C(=O)[C@@H](NC(=O)c1ccc(OC)cc1)C(C)C)C(C)C. The van der Waals surface area contributed by atoms with Crippen LogP contribution in [0.3, 0.4) is 0 Å². The van der Waals surface area contributed by atoms with E-state index in [2.05, 4.69) is 10.6 Å². The van der Waals surface area contributed by atoms with Gasteiger partial charge in [0.25, 0.3) is 5.91 Å². The maximum atomic E-state index is 14.8. The predicted molar refractivity (Wildman–Crippen MR) is 155 cm³/mol. The molecule has 4 amide bonds. The fourth-order valence-corrected chi connectivity index (χ4v) is 4.60. The number of ether oxygens (including phenoxy) is 2. The normalized spacial score (nSPS) is 16.4. The molecule has 1 fully saturated rings.